The molecule has 234 valence electrons. The minimum absolute atomic E-state index is 0.0777. The Labute approximate surface area is 252 Å². The highest BCUT2D eigenvalue weighted by Crippen LogP contribution is 2.29. The van der Waals surface area contributed by atoms with Crippen molar-refractivity contribution < 1.29 is 28.5 Å². The normalized spacial score (nSPS) is 11.0. The molecule has 0 aliphatic rings. The molecule has 0 aromatic heterocycles. The van der Waals surface area contributed by atoms with Crippen LogP contribution in [0.1, 0.15) is 36.8 Å². The van der Waals surface area contributed by atoms with Crippen LogP contribution in [0, 0.1) is 0 Å². The summed E-state index contributed by atoms with van der Waals surface area (Å²) < 4.78 is 21.6. The Hall–Kier alpha value is -3.50. The SMILES string of the molecule is COc1ccc(CN(CCN(C)C)C(=O)CCCCC(=O)N(CCN(C)C)Cc2ccc(OC)c(OC)c2)cc1OC. The van der Waals surface area contributed by atoms with Crippen molar-refractivity contribution in [1.29, 1.82) is 0 Å². The van der Waals surface area contributed by atoms with Crippen LogP contribution in [0.5, 0.6) is 23.0 Å². The first-order valence-electron chi connectivity index (χ1n) is 14.4. The number of benzene rings is 2. The average molecular weight is 587 g/mol. The van der Waals surface area contributed by atoms with Crippen molar-refractivity contribution in [1.82, 2.24) is 19.6 Å². The fourth-order valence-corrected chi connectivity index (χ4v) is 4.49. The zero-order chi connectivity index (χ0) is 31.1. The minimum Gasteiger partial charge on any atom is -0.493 e. The predicted octanol–water partition coefficient (Wildman–Crippen LogP) is 3.76. The third-order valence-electron chi connectivity index (χ3n) is 7.01. The summed E-state index contributed by atoms with van der Waals surface area (Å²) in [6.07, 6.45) is 2.07. The van der Waals surface area contributed by atoms with Crippen LogP contribution in [0.2, 0.25) is 0 Å². The molecule has 0 fully saturated rings. The van der Waals surface area contributed by atoms with E-state index in [0.29, 0.717) is 74.9 Å². The number of unbranched alkanes of at least 4 members (excludes halogenated alkanes) is 1. The number of nitrogens with zero attached hydrogens (tertiary/aromatic N) is 4. The molecule has 0 saturated carbocycles. The number of ether oxygens (including phenoxy) is 4. The molecule has 10 nitrogen and oxygen atoms in total. The maximum absolute atomic E-state index is 13.3. The maximum atomic E-state index is 13.3. The van der Waals surface area contributed by atoms with Crippen LogP contribution in [0.25, 0.3) is 0 Å². The molecule has 0 radical (unpaired) electrons. The Morgan fingerprint density at radius 1 is 0.548 bits per heavy atom. The quantitative estimate of drug-likeness (QED) is 0.230. The largest absolute Gasteiger partial charge is 0.493 e. The number of carbonyl (C=O) groups excluding carboxylic acids is 2. The second-order valence-corrected chi connectivity index (χ2v) is 10.8. The van der Waals surface area contributed by atoms with Gasteiger partial charge >= 0.3 is 0 Å². The van der Waals surface area contributed by atoms with Gasteiger partial charge in [0.05, 0.1) is 28.4 Å². The molecule has 0 N–H and O–H groups in total. The molecule has 2 rings (SSSR count). The molecule has 0 spiro atoms. The van der Waals surface area contributed by atoms with E-state index < -0.39 is 0 Å². The number of likely N-dealkylation sites (N-methyl/N-ethyl adjacent to an activating group) is 2. The van der Waals surface area contributed by atoms with E-state index in [2.05, 4.69) is 9.80 Å². The Morgan fingerprint density at radius 3 is 1.21 bits per heavy atom. The number of rotatable bonds is 19. The number of hydrogen-bond donors (Lipinski definition) is 0. The summed E-state index contributed by atoms with van der Waals surface area (Å²) in [5.74, 6) is 2.74. The van der Waals surface area contributed by atoms with Gasteiger partial charge in [-0.3, -0.25) is 9.59 Å². The third kappa shape index (κ3) is 11.4. The molecular formula is C32H50N4O6. The van der Waals surface area contributed by atoms with Crippen LogP contribution in [0.3, 0.4) is 0 Å². The lowest BCUT2D eigenvalue weighted by Crippen LogP contribution is -2.36. The van der Waals surface area contributed by atoms with Crippen molar-refractivity contribution in [2.45, 2.75) is 38.8 Å². The van der Waals surface area contributed by atoms with E-state index in [1.807, 2.05) is 74.4 Å². The number of methoxy groups -OCH3 is 4. The fourth-order valence-electron chi connectivity index (χ4n) is 4.49. The number of amides is 2. The first kappa shape index (κ1) is 34.7. The molecule has 0 heterocycles. The van der Waals surface area contributed by atoms with E-state index >= 15 is 0 Å². The Morgan fingerprint density at radius 2 is 0.905 bits per heavy atom. The highest BCUT2D eigenvalue weighted by molar-refractivity contribution is 5.77. The van der Waals surface area contributed by atoms with Crippen molar-refractivity contribution in [2.75, 3.05) is 82.8 Å². The van der Waals surface area contributed by atoms with Crippen LogP contribution in [-0.4, -0.2) is 114 Å². The molecular weight excluding hydrogens is 536 g/mol. The molecule has 0 atom stereocenters. The molecule has 42 heavy (non-hydrogen) atoms. The lowest BCUT2D eigenvalue weighted by molar-refractivity contribution is -0.134. The summed E-state index contributed by atoms with van der Waals surface area (Å²) in [6.45, 7) is 3.71. The lowest BCUT2D eigenvalue weighted by atomic mass is 10.1. The van der Waals surface area contributed by atoms with Gasteiger partial charge in [-0.25, -0.2) is 0 Å². The molecule has 10 heteroatoms. The van der Waals surface area contributed by atoms with Crippen molar-refractivity contribution in [3.05, 3.63) is 47.5 Å². The Balaban J connectivity index is 1.99. The third-order valence-corrected chi connectivity index (χ3v) is 7.01. The first-order valence-corrected chi connectivity index (χ1v) is 14.4. The van der Waals surface area contributed by atoms with E-state index in [1.54, 1.807) is 28.4 Å². The second kappa shape index (κ2) is 18.1. The van der Waals surface area contributed by atoms with Crippen molar-refractivity contribution in [3.63, 3.8) is 0 Å². The van der Waals surface area contributed by atoms with Gasteiger partial charge in [-0.2, -0.15) is 0 Å². The van der Waals surface area contributed by atoms with Crippen LogP contribution in [-0.2, 0) is 22.7 Å². The summed E-state index contributed by atoms with van der Waals surface area (Å²) >= 11 is 0. The highest BCUT2D eigenvalue weighted by atomic mass is 16.5. The summed E-state index contributed by atoms with van der Waals surface area (Å²) in [4.78, 5) is 34.4. The molecule has 0 unspecified atom stereocenters. The van der Waals surface area contributed by atoms with Gasteiger partial charge in [-0.1, -0.05) is 12.1 Å². The van der Waals surface area contributed by atoms with Gasteiger partial charge in [0, 0.05) is 52.1 Å². The Kier molecular flexibility index (Phi) is 15.0. The monoisotopic (exact) mass is 586 g/mol. The van der Waals surface area contributed by atoms with Gasteiger partial charge in [-0.15, -0.1) is 0 Å². The first-order chi connectivity index (χ1) is 20.1. The molecule has 0 saturated heterocycles. The summed E-state index contributed by atoms with van der Waals surface area (Å²) in [7, 11) is 14.4. The minimum atomic E-state index is 0.0777. The van der Waals surface area contributed by atoms with Crippen LogP contribution >= 0.6 is 0 Å². The molecule has 2 aromatic carbocycles. The van der Waals surface area contributed by atoms with Gasteiger partial charge in [0.1, 0.15) is 0 Å². The van der Waals surface area contributed by atoms with E-state index in [0.717, 1.165) is 24.2 Å². The highest BCUT2D eigenvalue weighted by Gasteiger charge is 2.18. The fraction of sp³-hybridized carbons (Fsp3) is 0.562. The molecule has 0 aliphatic heterocycles. The maximum Gasteiger partial charge on any atom is 0.222 e. The number of carbonyl (C=O) groups is 2. The van der Waals surface area contributed by atoms with Crippen LogP contribution in [0.4, 0.5) is 0 Å². The Bertz CT molecular complexity index is 1040. The summed E-state index contributed by atoms with van der Waals surface area (Å²) in [5.41, 5.74) is 1.95. The van der Waals surface area contributed by atoms with Gasteiger partial charge in [0.25, 0.3) is 0 Å². The second-order valence-electron chi connectivity index (χ2n) is 10.8. The lowest BCUT2D eigenvalue weighted by Gasteiger charge is -2.26. The smallest absolute Gasteiger partial charge is 0.222 e. The van der Waals surface area contributed by atoms with Crippen molar-refractivity contribution in [3.8, 4) is 23.0 Å². The zero-order valence-electron chi connectivity index (χ0n) is 26.8. The zero-order valence-corrected chi connectivity index (χ0v) is 26.8. The average Bonchev–Trinajstić information content (AvgIpc) is 2.98. The van der Waals surface area contributed by atoms with Gasteiger partial charge < -0.3 is 38.5 Å². The van der Waals surface area contributed by atoms with E-state index in [4.69, 9.17) is 18.9 Å². The van der Waals surface area contributed by atoms with Crippen molar-refractivity contribution in [2.24, 2.45) is 0 Å². The molecule has 2 amide bonds. The summed E-state index contributed by atoms with van der Waals surface area (Å²) in [6, 6.07) is 11.5. The van der Waals surface area contributed by atoms with Crippen molar-refractivity contribution >= 4 is 11.8 Å². The van der Waals surface area contributed by atoms with E-state index in [-0.39, 0.29) is 11.8 Å². The molecule has 0 aliphatic carbocycles. The topological polar surface area (TPSA) is 84.0 Å². The molecule has 0 bridgehead atoms. The summed E-state index contributed by atoms with van der Waals surface area (Å²) in [5, 5.41) is 0. The van der Waals surface area contributed by atoms with Crippen LogP contribution < -0.4 is 18.9 Å². The van der Waals surface area contributed by atoms with Gasteiger partial charge in [0.15, 0.2) is 23.0 Å². The van der Waals surface area contributed by atoms with E-state index in [1.165, 1.54) is 0 Å². The number of hydrogen-bond acceptors (Lipinski definition) is 8. The van der Waals surface area contributed by atoms with Gasteiger partial charge in [0.2, 0.25) is 11.8 Å². The van der Waals surface area contributed by atoms with E-state index in [9.17, 15) is 9.59 Å². The standard InChI is InChI=1S/C32H50N4O6/c1-33(2)17-19-35(23-25-13-15-27(39-5)29(21-25)41-7)31(37)11-9-10-12-32(38)36(20-18-34(3)4)24-26-14-16-28(40-6)30(22-26)42-8/h13-16,21-22H,9-12,17-20,23-24H2,1-8H3. The van der Waals surface area contributed by atoms with Crippen LogP contribution in [0.15, 0.2) is 36.4 Å². The van der Waals surface area contributed by atoms with Gasteiger partial charge in [-0.05, 0) is 76.4 Å². The molecule has 2 aromatic rings. The predicted molar refractivity (Wildman–Crippen MR) is 166 cm³/mol.